The summed E-state index contributed by atoms with van der Waals surface area (Å²) in [5, 5.41) is 2.91. The topological polar surface area (TPSA) is 55.4 Å². The molecule has 0 aliphatic carbocycles. The average Bonchev–Trinajstić information content (AvgIpc) is 2.63. The number of hydrogen-bond donors (Lipinski definition) is 1. The average molecular weight is 275 g/mol. The Morgan fingerprint density at radius 1 is 1.30 bits per heavy atom. The lowest BCUT2D eigenvalue weighted by atomic mass is 9.86. The first kappa shape index (κ1) is 14.6. The van der Waals surface area contributed by atoms with Gasteiger partial charge in [-0.15, -0.1) is 0 Å². The molecule has 0 saturated carbocycles. The molecule has 0 bridgehead atoms. The highest BCUT2D eigenvalue weighted by molar-refractivity contribution is 5.88. The number of carbonyl (C=O) groups excluding carboxylic acids is 2. The van der Waals surface area contributed by atoms with E-state index < -0.39 is 5.54 Å². The van der Waals surface area contributed by atoms with E-state index in [0.29, 0.717) is 25.9 Å². The summed E-state index contributed by atoms with van der Waals surface area (Å²) in [4.78, 5) is 24.3. The van der Waals surface area contributed by atoms with Crippen LogP contribution >= 0.6 is 0 Å². The van der Waals surface area contributed by atoms with Crippen molar-refractivity contribution in [2.24, 2.45) is 0 Å². The summed E-state index contributed by atoms with van der Waals surface area (Å²) >= 11 is 0. The van der Waals surface area contributed by atoms with E-state index >= 15 is 0 Å². The molecule has 20 heavy (non-hydrogen) atoms. The van der Waals surface area contributed by atoms with Crippen LogP contribution in [0.2, 0.25) is 0 Å². The predicted octanol–water partition coefficient (Wildman–Crippen LogP) is 2.22. The summed E-state index contributed by atoms with van der Waals surface area (Å²) in [6, 6.07) is 9.75. The Bertz CT molecular complexity index is 472. The third-order valence-corrected chi connectivity index (χ3v) is 3.65. The van der Waals surface area contributed by atoms with Crippen molar-refractivity contribution in [2.75, 3.05) is 6.61 Å². The minimum Gasteiger partial charge on any atom is -0.464 e. The van der Waals surface area contributed by atoms with Crippen molar-refractivity contribution >= 4 is 11.9 Å². The molecule has 1 aliphatic heterocycles. The van der Waals surface area contributed by atoms with Gasteiger partial charge in [0, 0.05) is 12.8 Å². The molecule has 2 rings (SSSR count). The number of amides is 1. The molecule has 108 valence electrons. The van der Waals surface area contributed by atoms with Crippen LogP contribution in [0.15, 0.2) is 30.3 Å². The van der Waals surface area contributed by atoms with E-state index in [9.17, 15) is 9.59 Å². The number of hydrogen-bond acceptors (Lipinski definition) is 3. The van der Waals surface area contributed by atoms with Crippen LogP contribution in [0.1, 0.15) is 38.2 Å². The van der Waals surface area contributed by atoms with Gasteiger partial charge in [0.15, 0.2) is 0 Å². The van der Waals surface area contributed by atoms with Crippen molar-refractivity contribution in [1.29, 1.82) is 0 Å². The molecule has 1 N–H and O–H groups in total. The molecule has 1 aromatic carbocycles. The maximum atomic E-state index is 12.4. The lowest BCUT2D eigenvalue weighted by molar-refractivity contribution is -0.153. The maximum Gasteiger partial charge on any atom is 0.332 e. The molecule has 0 aromatic heterocycles. The van der Waals surface area contributed by atoms with Crippen LogP contribution in [0.5, 0.6) is 0 Å². The Kier molecular flexibility index (Phi) is 4.77. The number of esters is 1. The van der Waals surface area contributed by atoms with Gasteiger partial charge in [0.25, 0.3) is 0 Å². The second kappa shape index (κ2) is 6.55. The van der Waals surface area contributed by atoms with Gasteiger partial charge in [-0.25, -0.2) is 4.79 Å². The van der Waals surface area contributed by atoms with Crippen molar-refractivity contribution in [1.82, 2.24) is 5.32 Å². The van der Waals surface area contributed by atoms with E-state index in [4.69, 9.17) is 4.74 Å². The van der Waals surface area contributed by atoms with Crippen LogP contribution in [0.25, 0.3) is 0 Å². The summed E-state index contributed by atoms with van der Waals surface area (Å²) in [7, 11) is 0. The fourth-order valence-corrected chi connectivity index (χ4v) is 2.68. The molecule has 1 amide bonds. The van der Waals surface area contributed by atoms with Crippen LogP contribution in [0, 0.1) is 0 Å². The molecular weight excluding hydrogens is 254 g/mol. The fourth-order valence-electron chi connectivity index (χ4n) is 2.68. The first-order chi connectivity index (χ1) is 9.66. The summed E-state index contributed by atoms with van der Waals surface area (Å²) in [5.74, 6) is -0.384. The second-order valence-corrected chi connectivity index (χ2v) is 5.22. The highest BCUT2D eigenvalue weighted by atomic mass is 16.5. The normalized spacial score (nSPS) is 22.8. The SMILES string of the molecule is CCOC(=O)[C@@]1(Cc2ccccc2)CCCCC(=O)N1. The second-order valence-electron chi connectivity index (χ2n) is 5.22. The largest absolute Gasteiger partial charge is 0.464 e. The van der Waals surface area contributed by atoms with Gasteiger partial charge in [-0.3, -0.25) is 4.79 Å². The van der Waals surface area contributed by atoms with Crippen molar-refractivity contribution in [3.63, 3.8) is 0 Å². The van der Waals surface area contributed by atoms with Crippen LogP contribution < -0.4 is 5.32 Å². The first-order valence-corrected chi connectivity index (χ1v) is 7.18. The molecule has 1 atom stereocenters. The standard InChI is InChI=1S/C16H21NO3/c1-2-20-15(19)16(11-7-6-10-14(18)17-16)12-13-8-4-3-5-9-13/h3-5,8-9H,2,6-7,10-12H2,1H3,(H,17,18)/t16-/m0/s1. The van der Waals surface area contributed by atoms with Crippen LogP contribution in [0.3, 0.4) is 0 Å². The number of ether oxygens (including phenoxy) is 1. The van der Waals surface area contributed by atoms with E-state index in [1.54, 1.807) is 6.92 Å². The Balaban J connectivity index is 2.27. The van der Waals surface area contributed by atoms with Gasteiger partial charge < -0.3 is 10.1 Å². The van der Waals surface area contributed by atoms with E-state index in [1.807, 2.05) is 30.3 Å². The molecule has 0 unspecified atom stereocenters. The van der Waals surface area contributed by atoms with Crippen molar-refractivity contribution < 1.29 is 14.3 Å². The number of nitrogens with one attached hydrogen (secondary N) is 1. The summed E-state index contributed by atoms with van der Waals surface area (Å²) in [5.41, 5.74) is 0.119. The van der Waals surface area contributed by atoms with Crippen molar-refractivity contribution in [3.05, 3.63) is 35.9 Å². The fraction of sp³-hybridized carbons (Fsp3) is 0.500. The Morgan fingerprint density at radius 2 is 2.05 bits per heavy atom. The van der Waals surface area contributed by atoms with E-state index in [1.165, 1.54) is 0 Å². The van der Waals surface area contributed by atoms with Crippen LogP contribution in [0.4, 0.5) is 0 Å². The quantitative estimate of drug-likeness (QED) is 0.857. The minimum absolute atomic E-state index is 0.0634. The summed E-state index contributed by atoms with van der Waals surface area (Å²) < 4.78 is 5.21. The minimum atomic E-state index is -0.912. The van der Waals surface area contributed by atoms with E-state index in [0.717, 1.165) is 18.4 Å². The molecule has 0 radical (unpaired) electrons. The van der Waals surface area contributed by atoms with Crippen LogP contribution in [-0.4, -0.2) is 24.0 Å². The number of benzene rings is 1. The molecule has 1 aliphatic rings. The molecule has 1 heterocycles. The Morgan fingerprint density at radius 3 is 2.75 bits per heavy atom. The highest BCUT2D eigenvalue weighted by Crippen LogP contribution is 2.25. The number of carbonyl (C=O) groups is 2. The molecule has 4 heteroatoms. The third kappa shape index (κ3) is 3.38. The lowest BCUT2D eigenvalue weighted by Crippen LogP contribution is -2.56. The van der Waals surface area contributed by atoms with Crippen molar-refractivity contribution in [3.8, 4) is 0 Å². The van der Waals surface area contributed by atoms with Gasteiger partial charge in [0.2, 0.25) is 5.91 Å². The van der Waals surface area contributed by atoms with Crippen LogP contribution in [-0.2, 0) is 20.7 Å². The first-order valence-electron chi connectivity index (χ1n) is 7.18. The third-order valence-electron chi connectivity index (χ3n) is 3.65. The monoisotopic (exact) mass is 275 g/mol. The molecule has 4 nitrogen and oxygen atoms in total. The Hall–Kier alpha value is -1.84. The summed E-state index contributed by atoms with van der Waals surface area (Å²) in [6.45, 7) is 2.11. The van der Waals surface area contributed by atoms with Gasteiger partial charge in [-0.05, 0) is 31.7 Å². The molecule has 1 aromatic rings. The number of rotatable bonds is 4. The Labute approximate surface area is 119 Å². The lowest BCUT2D eigenvalue weighted by Gasteiger charge is -2.31. The van der Waals surface area contributed by atoms with Gasteiger partial charge in [0.05, 0.1) is 6.61 Å². The smallest absolute Gasteiger partial charge is 0.332 e. The van der Waals surface area contributed by atoms with E-state index in [-0.39, 0.29) is 11.9 Å². The van der Waals surface area contributed by atoms with Gasteiger partial charge in [0.1, 0.15) is 5.54 Å². The zero-order valence-corrected chi connectivity index (χ0v) is 11.9. The zero-order valence-electron chi connectivity index (χ0n) is 11.9. The van der Waals surface area contributed by atoms with Gasteiger partial charge in [-0.1, -0.05) is 30.3 Å². The van der Waals surface area contributed by atoms with Gasteiger partial charge in [-0.2, -0.15) is 0 Å². The van der Waals surface area contributed by atoms with E-state index in [2.05, 4.69) is 5.32 Å². The molecule has 0 spiro atoms. The highest BCUT2D eigenvalue weighted by Gasteiger charge is 2.42. The van der Waals surface area contributed by atoms with Crippen molar-refractivity contribution in [2.45, 2.75) is 44.6 Å². The summed E-state index contributed by atoms with van der Waals surface area (Å²) in [6.07, 6.45) is 3.27. The molecular formula is C16H21NO3. The predicted molar refractivity (Wildman–Crippen MR) is 76.1 cm³/mol. The van der Waals surface area contributed by atoms with Gasteiger partial charge >= 0.3 is 5.97 Å². The molecule has 1 saturated heterocycles. The zero-order chi connectivity index (χ0) is 14.4. The maximum absolute atomic E-state index is 12.4. The molecule has 1 fully saturated rings.